The molecule has 172 valence electrons. The molecule has 0 aliphatic carbocycles. The van der Waals surface area contributed by atoms with Gasteiger partial charge >= 0.3 is 0 Å². The number of benzene rings is 2. The molecule has 32 heavy (non-hydrogen) atoms. The first kappa shape index (κ1) is 22.0. The van der Waals surface area contributed by atoms with Gasteiger partial charge in [-0.15, -0.1) is 0 Å². The molecular weight excluding hydrogens is 408 g/mol. The van der Waals surface area contributed by atoms with E-state index in [1.54, 1.807) is 0 Å². The van der Waals surface area contributed by atoms with E-state index < -0.39 is 12.1 Å². The lowest BCUT2D eigenvalue weighted by atomic mass is 10.0. The van der Waals surface area contributed by atoms with Crippen LogP contribution in [-0.4, -0.2) is 49.2 Å². The maximum Gasteiger partial charge on any atom is 0.190 e. The number of epoxide rings is 1. The van der Waals surface area contributed by atoms with Crippen molar-refractivity contribution < 1.29 is 28.4 Å². The topological polar surface area (TPSA) is 58.7 Å². The first-order valence-electron chi connectivity index (χ1n) is 11.5. The summed E-state index contributed by atoms with van der Waals surface area (Å²) in [6.45, 7) is 5.67. The second-order valence-corrected chi connectivity index (χ2v) is 9.15. The summed E-state index contributed by atoms with van der Waals surface area (Å²) in [5.41, 5.74) is 2.32. The fraction of sp³-hybridized carbons (Fsp3) is 0.538. The molecule has 2 aromatic carbocycles. The summed E-state index contributed by atoms with van der Waals surface area (Å²) in [4.78, 5) is 0. The van der Waals surface area contributed by atoms with Crippen LogP contribution in [-0.2, 0) is 41.6 Å². The Balaban J connectivity index is 1.11. The molecule has 6 atom stereocenters. The Morgan fingerprint density at radius 3 is 2.19 bits per heavy atom. The van der Waals surface area contributed by atoms with Gasteiger partial charge in [-0.2, -0.15) is 0 Å². The first-order valence-corrected chi connectivity index (χ1v) is 11.5. The van der Waals surface area contributed by atoms with E-state index >= 15 is 0 Å². The van der Waals surface area contributed by atoms with Gasteiger partial charge in [0, 0.05) is 6.61 Å². The van der Waals surface area contributed by atoms with Crippen LogP contribution < -0.4 is 0 Å². The maximum atomic E-state index is 6.32. The Labute approximate surface area is 189 Å². The number of hydrogen-bond donors (Lipinski definition) is 0. The first-order chi connectivity index (χ1) is 15.6. The summed E-state index contributed by atoms with van der Waals surface area (Å²) >= 11 is 0. The van der Waals surface area contributed by atoms with Crippen molar-refractivity contribution >= 4 is 0 Å². The van der Waals surface area contributed by atoms with Crippen LogP contribution >= 0.6 is 0 Å². The highest BCUT2D eigenvalue weighted by molar-refractivity contribution is 5.14. The highest BCUT2D eigenvalue weighted by Crippen LogP contribution is 2.44. The van der Waals surface area contributed by atoms with Crippen LogP contribution in [0.25, 0.3) is 0 Å². The Morgan fingerprint density at radius 2 is 1.47 bits per heavy atom. The third-order valence-electron chi connectivity index (χ3n) is 6.15. The quantitative estimate of drug-likeness (QED) is 0.407. The van der Waals surface area contributed by atoms with Crippen molar-refractivity contribution in [2.75, 3.05) is 6.61 Å². The van der Waals surface area contributed by atoms with E-state index in [0.29, 0.717) is 19.8 Å². The van der Waals surface area contributed by atoms with Crippen molar-refractivity contribution in [1.29, 1.82) is 0 Å². The maximum absolute atomic E-state index is 6.32. The molecule has 2 aromatic rings. The van der Waals surface area contributed by atoms with Crippen LogP contribution in [0.4, 0.5) is 0 Å². The zero-order valence-corrected chi connectivity index (χ0v) is 18.7. The lowest BCUT2D eigenvalue weighted by molar-refractivity contribution is -0.221. The Bertz CT molecular complexity index is 857. The fourth-order valence-corrected chi connectivity index (χ4v) is 4.55. The Kier molecular flexibility index (Phi) is 6.60. The average molecular weight is 441 g/mol. The Hall–Kier alpha value is -1.80. The molecule has 3 aliphatic rings. The molecule has 0 spiro atoms. The molecule has 0 aromatic heterocycles. The molecule has 3 aliphatic heterocycles. The zero-order valence-electron chi connectivity index (χ0n) is 18.7. The lowest BCUT2D eigenvalue weighted by Crippen LogP contribution is -2.39. The van der Waals surface area contributed by atoms with E-state index in [-0.39, 0.29) is 30.5 Å². The molecule has 3 heterocycles. The Morgan fingerprint density at radius 1 is 0.781 bits per heavy atom. The van der Waals surface area contributed by atoms with Crippen LogP contribution in [0.5, 0.6) is 0 Å². The lowest BCUT2D eigenvalue weighted by Gasteiger charge is -2.25. The molecule has 0 unspecified atom stereocenters. The minimum Gasteiger partial charge on any atom is -0.377 e. The van der Waals surface area contributed by atoms with E-state index in [1.165, 1.54) is 5.56 Å². The van der Waals surface area contributed by atoms with Crippen molar-refractivity contribution in [3.8, 4) is 0 Å². The predicted molar refractivity (Wildman–Crippen MR) is 118 cm³/mol. The highest BCUT2D eigenvalue weighted by Gasteiger charge is 2.61. The van der Waals surface area contributed by atoms with Crippen molar-refractivity contribution in [3.63, 3.8) is 0 Å². The summed E-state index contributed by atoms with van der Waals surface area (Å²) in [5, 5.41) is 0. The van der Waals surface area contributed by atoms with Gasteiger partial charge in [0.25, 0.3) is 0 Å². The van der Waals surface area contributed by atoms with Gasteiger partial charge in [0.2, 0.25) is 0 Å². The van der Waals surface area contributed by atoms with E-state index in [1.807, 2.05) is 50.2 Å². The molecule has 0 radical (unpaired) electrons. The van der Waals surface area contributed by atoms with E-state index in [2.05, 4.69) is 24.3 Å². The van der Waals surface area contributed by atoms with Crippen LogP contribution in [0.1, 0.15) is 37.8 Å². The fourth-order valence-electron chi connectivity index (χ4n) is 4.55. The second kappa shape index (κ2) is 9.59. The molecule has 0 amide bonds. The molecule has 0 saturated carbocycles. The third-order valence-corrected chi connectivity index (χ3v) is 6.15. The number of fused-ring (bicyclic) bond motifs is 1. The molecule has 0 N–H and O–H groups in total. The van der Waals surface area contributed by atoms with Crippen molar-refractivity contribution in [2.45, 2.75) is 82.5 Å². The van der Waals surface area contributed by atoms with Crippen molar-refractivity contribution in [3.05, 3.63) is 71.8 Å². The largest absolute Gasteiger partial charge is 0.377 e. The molecule has 6 heteroatoms. The van der Waals surface area contributed by atoms with E-state index in [9.17, 15) is 0 Å². The molecule has 6 nitrogen and oxygen atoms in total. The van der Waals surface area contributed by atoms with Crippen LogP contribution in [0, 0.1) is 0 Å². The standard InChI is InChI=1S/C26H32O6/c1-26(2)31-24-22(28-17-19-12-7-4-8-13-19)23(30-25(24)32-26)21-20(29-21)14-9-15-27-16-18-10-5-3-6-11-18/h3-8,10-13,20-25H,9,14-17H2,1-2H3/t20-,21+,22+,23-,24-,25-/m1/s1. The summed E-state index contributed by atoms with van der Waals surface area (Å²) in [6, 6.07) is 20.4. The predicted octanol–water partition coefficient (Wildman–Crippen LogP) is 4.21. The second-order valence-electron chi connectivity index (χ2n) is 9.15. The van der Waals surface area contributed by atoms with Crippen LogP contribution in [0.15, 0.2) is 60.7 Å². The summed E-state index contributed by atoms with van der Waals surface area (Å²) in [5.74, 6) is -0.672. The monoisotopic (exact) mass is 440 g/mol. The highest BCUT2D eigenvalue weighted by atomic mass is 16.8. The molecule has 5 rings (SSSR count). The van der Waals surface area contributed by atoms with Gasteiger partial charge in [-0.05, 0) is 37.8 Å². The minimum atomic E-state index is -0.672. The normalized spacial score (nSPS) is 32.7. The molecule has 3 fully saturated rings. The zero-order chi connectivity index (χ0) is 22.0. The summed E-state index contributed by atoms with van der Waals surface area (Å²) in [6.07, 6.45) is 0.955. The van der Waals surface area contributed by atoms with Gasteiger partial charge in [-0.1, -0.05) is 60.7 Å². The van der Waals surface area contributed by atoms with Crippen LogP contribution in [0.2, 0.25) is 0 Å². The number of rotatable bonds is 10. The van der Waals surface area contributed by atoms with Crippen LogP contribution in [0.3, 0.4) is 0 Å². The van der Waals surface area contributed by atoms with Crippen molar-refractivity contribution in [1.82, 2.24) is 0 Å². The molecular formula is C26H32O6. The average Bonchev–Trinajstić information content (AvgIpc) is 3.40. The van der Waals surface area contributed by atoms with Crippen molar-refractivity contribution in [2.24, 2.45) is 0 Å². The van der Waals surface area contributed by atoms with Gasteiger partial charge in [0.15, 0.2) is 12.1 Å². The summed E-state index contributed by atoms with van der Waals surface area (Å²) < 4.78 is 36.4. The number of ether oxygens (including phenoxy) is 6. The van der Waals surface area contributed by atoms with E-state index in [4.69, 9.17) is 28.4 Å². The number of hydrogen-bond acceptors (Lipinski definition) is 6. The van der Waals surface area contributed by atoms with Gasteiger partial charge in [0.05, 0.1) is 19.3 Å². The van der Waals surface area contributed by atoms with Gasteiger partial charge in [-0.3, -0.25) is 0 Å². The third kappa shape index (κ3) is 5.22. The van der Waals surface area contributed by atoms with E-state index in [0.717, 1.165) is 18.4 Å². The van der Waals surface area contributed by atoms with Gasteiger partial charge < -0.3 is 28.4 Å². The minimum absolute atomic E-state index is 0.00538. The SMILES string of the molecule is CC1(C)O[C@H]2O[C@H]([C@H]3O[C@@H]3CCCOCc3ccccc3)[C@H](OCc3ccccc3)[C@H]2O1. The smallest absolute Gasteiger partial charge is 0.190 e. The van der Waals surface area contributed by atoms with Gasteiger partial charge in [0.1, 0.15) is 24.4 Å². The summed E-state index contributed by atoms with van der Waals surface area (Å²) in [7, 11) is 0. The molecule has 0 bridgehead atoms. The van der Waals surface area contributed by atoms with Gasteiger partial charge in [-0.25, -0.2) is 0 Å². The molecule has 3 saturated heterocycles.